The molecule has 0 fully saturated rings. The summed E-state index contributed by atoms with van der Waals surface area (Å²) >= 11 is 0. The standard InChI is InChI=1S/C21H21NO3/c1-3-24-19-12-9-18(10-13-19)22-21(23)15(2)25-20-11-8-16-6-4-5-7-17(16)14-20/h4-15H,3H2,1-2H3,(H,22,23). The highest BCUT2D eigenvalue weighted by molar-refractivity contribution is 5.94. The lowest BCUT2D eigenvalue weighted by molar-refractivity contribution is -0.122. The maximum Gasteiger partial charge on any atom is 0.265 e. The lowest BCUT2D eigenvalue weighted by Crippen LogP contribution is -2.30. The molecular formula is C21H21NO3. The SMILES string of the molecule is CCOc1ccc(NC(=O)C(C)Oc2ccc3ccccc3c2)cc1. The Morgan fingerprint density at radius 2 is 1.64 bits per heavy atom. The van der Waals surface area contributed by atoms with Gasteiger partial charge in [-0.05, 0) is 61.0 Å². The summed E-state index contributed by atoms with van der Waals surface area (Å²) in [4.78, 5) is 12.3. The van der Waals surface area contributed by atoms with Gasteiger partial charge in [-0.15, -0.1) is 0 Å². The summed E-state index contributed by atoms with van der Waals surface area (Å²) in [7, 11) is 0. The Bertz CT molecular complexity index is 858. The summed E-state index contributed by atoms with van der Waals surface area (Å²) in [6, 6.07) is 21.1. The van der Waals surface area contributed by atoms with Crippen LogP contribution in [0.4, 0.5) is 5.69 Å². The second-order valence-electron chi connectivity index (χ2n) is 5.72. The third-order valence-corrected chi connectivity index (χ3v) is 3.84. The zero-order chi connectivity index (χ0) is 17.6. The predicted molar refractivity (Wildman–Crippen MR) is 100 cm³/mol. The van der Waals surface area contributed by atoms with Crippen LogP contribution in [-0.2, 0) is 4.79 Å². The number of rotatable bonds is 6. The minimum absolute atomic E-state index is 0.197. The molecule has 1 atom stereocenters. The highest BCUT2D eigenvalue weighted by Gasteiger charge is 2.15. The molecule has 0 radical (unpaired) electrons. The molecule has 3 rings (SSSR count). The van der Waals surface area contributed by atoms with Crippen LogP contribution in [0.15, 0.2) is 66.7 Å². The molecule has 25 heavy (non-hydrogen) atoms. The normalized spacial score (nSPS) is 11.8. The minimum atomic E-state index is -0.604. The number of ether oxygens (including phenoxy) is 2. The van der Waals surface area contributed by atoms with Crippen LogP contribution in [-0.4, -0.2) is 18.6 Å². The summed E-state index contributed by atoms with van der Waals surface area (Å²) in [6.07, 6.45) is -0.604. The van der Waals surface area contributed by atoms with Gasteiger partial charge >= 0.3 is 0 Å². The zero-order valence-electron chi connectivity index (χ0n) is 14.4. The van der Waals surface area contributed by atoms with Gasteiger partial charge in [0.05, 0.1) is 6.61 Å². The molecule has 3 aromatic rings. The van der Waals surface area contributed by atoms with Crippen LogP contribution >= 0.6 is 0 Å². The first-order valence-electron chi connectivity index (χ1n) is 8.35. The van der Waals surface area contributed by atoms with Gasteiger partial charge < -0.3 is 14.8 Å². The Balaban J connectivity index is 1.63. The Labute approximate surface area is 147 Å². The molecule has 0 aromatic heterocycles. The van der Waals surface area contributed by atoms with E-state index in [0.717, 1.165) is 16.5 Å². The molecule has 0 aliphatic rings. The van der Waals surface area contributed by atoms with Gasteiger partial charge in [-0.2, -0.15) is 0 Å². The van der Waals surface area contributed by atoms with Crippen molar-refractivity contribution in [1.29, 1.82) is 0 Å². The van der Waals surface area contributed by atoms with Crippen molar-refractivity contribution in [3.8, 4) is 11.5 Å². The van der Waals surface area contributed by atoms with E-state index in [4.69, 9.17) is 9.47 Å². The molecular weight excluding hydrogens is 314 g/mol. The minimum Gasteiger partial charge on any atom is -0.494 e. The highest BCUT2D eigenvalue weighted by Crippen LogP contribution is 2.22. The van der Waals surface area contributed by atoms with Crippen LogP contribution in [0.3, 0.4) is 0 Å². The first kappa shape index (κ1) is 16.8. The van der Waals surface area contributed by atoms with E-state index in [-0.39, 0.29) is 5.91 Å². The number of nitrogens with one attached hydrogen (secondary N) is 1. The number of amides is 1. The van der Waals surface area contributed by atoms with Gasteiger partial charge in [-0.1, -0.05) is 30.3 Å². The summed E-state index contributed by atoms with van der Waals surface area (Å²) in [5.74, 6) is 1.26. The van der Waals surface area contributed by atoms with E-state index in [0.29, 0.717) is 18.0 Å². The Morgan fingerprint density at radius 3 is 2.36 bits per heavy atom. The number of carbonyl (C=O) groups is 1. The number of hydrogen-bond acceptors (Lipinski definition) is 3. The molecule has 0 heterocycles. The van der Waals surface area contributed by atoms with Gasteiger partial charge in [0.2, 0.25) is 0 Å². The largest absolute Gasteiger partial charge is 0.494 e. The number of fused-ring (bicyclic) bond motifs is 1. The number of anilines is 1. The van der Waals surface area contributed by atoms with Crippen LogP contribution in [0.5, 0.6) is 11.5 Å². The van der Waals surface area contributed by atoms with Crippen molar-refractivity contribution in [2.75, 3.05) is 11.9 Å². The average molecular weight is 335 g/mol. The average Bonchev–Trinajstić information content (AvgIpc) is 2.63. The second kappa shape index (κ2) is 7.71. The van der Waals surface area contributed by atoms with Gasteiger partial charge in [0, 0.05) is 5.69 Å². The van der Waals surface area contributed by atoms with Crippen LogP contribution in [0.1, 0.15) is 13.8 Å². The Morgan fingerprint density at radius 1 is 0.960 bits per heavy atom. The van der Waals surface area contributed by atoms with Crippen molar-refractivity contribution < 1.29 is 14.3 Å². The van der Waals surface area contributed by atoms with Gasteiger partial charge in [0.1, 0.15) is 11.5 Å². The maximum atomic E-state index is 12.3. The van der Waals surface area contributed by atoms with Crippen molar-refractivity contribution in [1.82, 2.24) is 0 Å². The van der Waals surface area contributed by atoms with E-state index in [1.165, 1.54) is 0 Å². The fraction of sp³-hybridized carbons (Fsp3) is 0.190. The van der Waals surface area contributed by atoms with Crippen LogP contribution in [0, 0.1) is 0 Å². The molecule has 1 unspecified atom stereocenters. The van der Waals surface area contributed by atoms with E-state index < -0.39 is 6.10 Å². The van der Waals surface area contributed by atoms with E-state index in [1.54, 1.807) is 6.92 Å². The monoisotopic (exact) mass is 335 g/mol. The molecule has 0 aliphatic heterocycles. The van der Waals surface area contributed by atoms with Crippen LogP contribution < -0.4 is 14.8 Å². The lowest BCUT2D eigenvalue weighted by atomic mass is 10.1. The number of benzene rings is 3. The fourth-order valence-electron chi connectivity index (χ4n) is 2.54. The molecule has 1 amide bonds. The molecule has 3 aromatic carbocycles. The molecule has 0 bridgehead atoms. The Hall–Kier alpha value is -3.01. The molecule has 4 nitrogen and oxygen atoms in total. The second-order valence-corrected chi connectivity index (χ2v) is 5.72. The number of carbonyl (C=O) groups excluding carboxylic acids is 1. The molecule has 128 valence electrons. The molecule has 0 spiro atoms. The van der Waals surface area contributed by atoms with Crippen molar-refractivity contribution in [2.45, 2.75) is 20.0 Å². The molecule has 1 N–H and O–H groups in total. The van der Waals surface area contributed by atoms with Crippen LogP contribution in [0.25, 0.3) is 10.8 Å². The summed E-state index contributed by atoms with van der Waals surface area (Å²) < 4.78 is 11.2. The Kier molecular flexibility index (Phi) is 5.19. The van der Waals surface area contributed by atoms with Gasteiger partial charge in [0.15, 0.2) is 6.10 Å². The highest BCUT2D eigenvalue weighted by atomic mass is 16.5. The zero-order valence-corrected chi connectivity index (χ0v) is 14.4. The lowest BCUT2D eigenvalue weighted by Gasteiger charge is -2.15. The van der Waals surface area contributed by atoms with Crippen molar-refractivity contribution >= 4 is 22.4 Å². The topological polar surface area (TPSA) is 47.6 Å². The number of hydrogen-bond donors (Lipinski definition) is 1. The first-order valence-corrected chi connectivity index (χ1v) is 8.35. The fourth-order valence-corrected chi connectivity index (χ4v) is 2.54. The van der Waals surface area contributed by atoms with Gasteiger partial charge in [0.25, 0.3) is 5.91 Å². The van der Waals surface area contributed by atoms with Crippen molar-refractivity contribution in [3.05, 3.63) is 66.7 Å². The van der Waals surface area contributed by atoms with Gasteiger partial charge in [-0.3, -0.25) is 4.79 Å². The predicted octanol–water partition coefficient (Wildman–Crippen LogP) is 4.64. The quantitative estimate of drug-likeness (QED) is 0.713. The summed E-state index contributed by atoms with van der Waals surface area (Å²) in [5.41, 5.74) is 0.711. The maximum absolute atomic E-state index is 12.3. The summed E-state index contributed by atoms with van der Waals surface area (Å²) in [6.45, 7) is 4.28. The van der Waals surface area contributed by atoms with E-state index in [9.17, 15) is 4.79 Å². The summed E-state index contributed by atoms with van der Waals surface area (Å²) in [5, 5.41) is 5.07. The van der Waals surface area contributed by atoms with Crippen LogP contribution in [0.2, 0.25) is 0 Å². The molecule has 0 saturated carbocycles. The smallest absolute Gasteiger partial charge is 0.265 e. The molecule has 0 aliphatic carbocycles. The van der Waals surface area contributed by atoms with E-state index in [2.05, 4.69) is 5.32 Å². The van der Waals surface area contributed by atoms with Crippen molar-refractivity contribution in [2.24, 2.45) is 0 Å². The van der Waals surface area contributed by atoms with E-state index in [1.807, 2.05) is 73.7 Å². The molecule has 0 saturated heterocycles. The van der Waals surface area contributed by atoms with Crippen molar-refractivity contribution in [3.63, 3.8) is 0 Å². The van der Waals surface area contributed by atoms with Gasteiger partial charge in [-0.25, -0.2) is 0 Å². The third-order valence-electron chi connectivity index (χ3n) is 3.84. The molecule has 4 heteroatoms. The first-order chi connectivity index (χ1) is 12.2. The van der Waals surface area contributed by atoms with E-state index >= 15 is 0 Å². The third kappa shape index (κ3) is 4.29.